The van der Waals surface area contributed by atoms with E-state index in [4.69, 9.17) is 16.3 Å². The van der Waals surface area contributed by atoms with E-state index in [0.717, 1.165) is 69.4 Å². The van der Waals surface area contributed by atoms with Gasteiger partial charge in [-0.3, -0.25) is 14.6 Å². The third-order valence-corrected chi connectivity index (χ3v) is 5.52. The van der Waals surface area contributed by atoms with Crippen LogP contribution in [0, 0.1) is 0 Å². The van der Waals surface area contributed by atoms with Gasteiger partial charge in [0.1, 0.15) is 12.4 Å². The van der Waals surface area contributed by atoms with Gasteiger partial charge < -0.3 is 9.64 Å². The lowest BCUT2D eigenvalue weighted by Gasteiger charge is -2.35. The number of piperazine rings is 1. The number of likely N-dealkylation sites (tertiary alicyclic amines) is 1. The molecule has 6 heteroatoms. The van der Waals surface area contributed by atoms with Crippen molar-refractivity contribution >= 4 is 17.5 Å². The monoisotopic (exact) mass is 379 g/mol. The van der Waals surface area contributed by atoms with Crippen LogP contribution in [0.3, 0.4) is 0 Å². The zero-order chi connectivity index (χ0) is 18.2. The van der Waals surface area contributed by atoms with Crippen LogP contribution in [0.4, 0.5) is 0 Å². The minimum Gasteiger partial charge on any atom is -0.492 e. The zero-order valence-corrected chi connectivity index (χ0v) is 16.3. The lowest BCUT2D eigenvalue weighted by molar-refractivity contribution is -0.132. The first-order chi connectivity index (χ1) is 12.7. The first kappa shape index (κ1) is 19.5. The summed E-state index contributed by atoms with van der Waals surface area (Å²) in [5.41, 5.74) is 0. The number of carbonyl (C=O) groups excluding carboxylic acids is 1. The standard InChI is InChI=1S/C20H30ClN3O2/c21-18-5-7-19(8-6-18)26-16-15-22-11-13-23(14-12-22)17-20(25)24-9-3-1-2-4-10-24/h5-8H,1-4,9-17H2. The van der Waals surface area contributed by atoms with Gasteiger partial charge in [-0.1, -0.05) is 24.4 Å². The Labute approximate surface area is 161 Å². The average molecular weight is 380 g/mol. The zero-order valence-electron chi connectivity index (χ0n) is 15.5. The Hall–Kier alpha value is -1.30. The molecule has 1 amide bonds. The molecule has 144 valence electrons. The SMILES string of the molecule is O=C(CN1CCN(CCOc2ccc(Cl)cc2)CC1)N1CCCCCC1. The van der Waals surface area contributed by atoms with Crippen LogP contribution in [0.1, 0.15) is 25.7 Å². The summed E-state index contributed by atoms with van der Waals surface area (Å²) in [6.45, 7) is 7.97. The Balaban J connectivity index is 1.32. The van der Waals surface area contributed by atoms with Crippen molar-refractivity contribution < 1.29 is 9.53 Å². The maximum Gasteiger partial charge on any atom is 0.236 e. The van der Waals surface area contributed by atoms with Crippen molar-refractivity contribution in [2.24, 2.45) is 0 Å². The molecule has 2 aliphatic rings. The summed E-state index contributed by atoms with van der Waals surface area (Å²) < 4.78 is 5.77. The van der Waals surface area contributed by atoms with E-state index in [1.54, 1.807) is 0 Å². The molecular weight excluding hydrogens is 350 g/mol. The molecule has 5 nitrogen and oxygen atoms in total. The molecule has 0 aromatic heterocycles. The number of hydrogen-bond acceptors (Lipinski definition) is 4. The van der Waals surface area contributed by atoms with Crippen LogP contribution < -0.4 is 4.74 Å². The highest BCUT2D eigenvalue weighted by atomic mass is 35.5. The molecule has 2 aliphatic heterocycles. The van der Waals surface area contributed by atoms with E-state index in [0.29, 0.717) is 19.1 Å². The first-order valence-corrected chi connectivity index (χ1v) is 10.2. The molecule has 0 saturated carbocycles. The molecule has 3 rings (SSSR count). The Morgan fingerprint density at radius 1 is 0.885 bits per heavy atom. The molecule has 0 bridgehead atoms. The van der Waals surface area contributed by atoms with Crippen LogP contribution in [-0.4, -0.2) is 79.6 Å². The van der Waals surface area contributed by atoms with Gasteiger partial charge in [0.05, 0.1) is 6.54 Å². The Morgan fingerprint density at radius 3 is 2.15 bits per heavy atom. The second-order valence-electron chi connectivity index (χ2n) is 7.22. The third kappa shape index (κ3) is 6.15. The number of nitrogens with zero attached hydrogens (tertiary/aromatic N) is 3. The lowest BCUT2D eigenvalue weighted by Crippen LogP contribution is -2.50. The predicted octanol–water partition coefficient (Wildman–Crippen LogP) is 2.74. The highest BCUT2D eigenvalue weighted by Gasteiger charge is 2.22. The molecule has 1 aromatic rings. The van der Waals surface area contributed by atoms with Crippen molar-refractivity contribution in [3.63, 3.8) is 0 Å². The van der Waals surface area contributed by atoms with E-state index in [-0.39, 0.29) is 0 Å². The van der Waals surface area contributed by atoms with E-state index in [1.165, 1.54) is 12.8 Å². The van der Waals surface area contributed by atoms with E-state index < -0.39 is 0 Å². The summed E-state index contributed by atoms with van der Waals surface area (Å²) in [6.07, 6.45) is 4.85. The minimum absolute atomic E-state index is 0.312. The van der Waals surface area contributed by atoms with Crippen molar-refractivity contribution in [2.75, 3.05) is 59.0 Å². The summed E-state index contributed by atoms with van der Waals surface area (Å²) in [5, 5.41) is 0.725. The molecule has 1 aromatic carbocycles. The number of benzene rings is 1. The first-order valence-electron chi connectivity index (χ1n) is 9.81. The van der Waals surface area contributed by atoms with E-state index in [1.807, 2.05) is 24.3 Å². The van der Waals surface area contributed by atoms with Gasteiger partial charge in [-0.05, 0) is 37.1 Å². The van der Waals surface area contributed by atoms with Crippen LogP contribution in [0.2, 0.25) is 5.02 Å². The molecule has 0 atom stereocenters. The molecule has 0 N–H and O–H groups in total. The number of rotatable bonds is 6. The van der Waals surface area contributed by atoms with E-state index in [2.05, 4.69) is 14.7 Å². The summed E-state index contributed by atoms with van der Waals surface area (Å²) in [7, 11) is 0. The fourth-order valence-electron chi connectivity index (χ4n) is 3.61. The number of hydrogen-bond donors (Lipinski definition) is 0. The van der Waals surface area contributed by atoms with E-state index >= 15 is 0 Å². The highest BCUT2D eigenvalue weighted by Crippen LogP contribution is 2.15. The van der Waals surface area contributed by atoms with E-state index in [9.17, 15) is 4.79 Å². The van der Waals surface area contributed by atoms with Crippen LogP contribution in [0.15, 0.2) is 24.3 Å². The molecule has 0 radical (unpaired) electrons. The van der Waals surface area contributed by atoms with Crippen molar-refractivity contribution in [1.82, 2.24) is 14.7 Å². The van der Waals surface area contributed by atoms with Crippen LogP contribution >= 0.6 is 11.6 Å². The molecule has 2 fully saturated rings. The lowest BCUT2D eigenvalue weighted by atomic mass is 10.2. The smallest absolute Gasteiger partial charge is 0.236 e. The second-order valence-corrected chi connectivity index (χ2v) is 7.65. The summed E-state index contributed by atoms with van der Waals surface area (Å²) >= 11 is 5.88. The quantitative estimate of drug-likeness (QED) is 0.761. The number of halogens is 1. The van der Waals surface area contributed by atoms with Gasteiger partial charge in [0, 0.05) is 50.8 Å². The molecule has 0 unspecified atom stereocenters. The second kappa shape index (κ2) is 10.1. The van der Waals surface area contributed by atoms with Crippen LogP contribution in [0.5, 0.6) is 5.75 Å². The van der Waals surface area contributed by atoms with Gasteiger partial charge in [0.2, 0.25) is 5.91 Å². The Morgan fingerprint density at radius 2 is 1.50 bits per heavy atom. The summed E-state index contributed by atoms with van der Waals surface area (Å²) in [5.74, 6) is 1.17. The fraction of sp³-hybridized carbons (Fsp3) is 0.650. The predicted molar refractivity (Wildman–Crippen MR) is 105 cm³/mol. The van der Waals surface area contributed by atoms with Gasteiger partial charge in [0.25, 0.3) is 0 Å². The van der Waals surface area contributed by atoms with Crippen molar-refractivity contribution in [2.45, 2.75) is 25.7 Å². The Bertz CT molecular complexity index is 551. The summed E-state index contributed by atoms with van der Waals surface area (Å²) in [6, 6.07) is 7.48. The highest BCUT2D eigenvalue weighted by molar-refractivity contribution is 6.30. The van der Waals surface area contributed by atoms with Gasteiger partial charge in [-0.25, -0.2) is 0 Å². The van der Waals surface area contributed by atoms with Gasteiger partial charge in [-0.2, -0.15) is 0 Å². The van der Waals surface area contributed by atoms with Crippen molar-refractivity contribution in [1.29, 1.82) is 0 Å². The molecule has 26 heavy (non-hydrogen) atoms. The number of amides is 1. The van der Waals surface area contributed by atoms with Crippen LogP contribution in [-0.2, 0) is 4.79 Å². The minimum atomic E-state index is 0.312. The normalized spacial score (nSPS) is 20.0. The summed E-state index contributed by atoms with van der Waals surface area (Å²) in [4.78, 5) is 19.3. The molecule has 2 heterocycles. The third-order valence-electron chi connectivity index (χ3n) is 5.27. The maximum absolute atomic E-state index is 12.5. The van der Waals surface area contributed by atoms with Crippen molar-refractivity contribution in [3.8, 4) is 5.75 Å². The topological polar surface area (TPSA) is 36.0 Å². The van der Waals surface area contributed by atoms with Gasteiger partial charge in [-0.15, -0.1) is 0 Å². The number of carbonyl (C=O) groups is 1. The van der Waals surface area contributed by atoms with Gasteiger partial charge in [0.15, 0.2) is 0 Å². The number of ether oxygens (including phenoxy) is 1. The molecular formula is C20H30ClN3O2. The van der Waals surface area contributed by atoms with Crippen LogP contribution in [0.25, 0.3) is 0 Å². The average Bonchev–Trinajstić information content (AvgIpc) is 2.94. The molecule has 2 saturated heterocycles. The molecule has 0 aliphatic carbocycles. The fourth-order valence-corrected chi connectivity index (χ4v) is 3.73. The largest absolute Gasteiger partial charge is 0.492 e. The Kier molecular flexibility index (Phi) is 7.59. The van der Waals surface area contributed by atoms with Crippen molar-refractivity contribution in [3.05, 3.63) is 29.3 Å². The molecule has 0 spiro atoms. The maximum atomic E-state index is 12.5. The van der Waals surface area contributed by atoms with Gasteiger partial charge >= 0.3 is 0 Å².